The van der Waals surface area contributed by atoms with Crippen LogP contribution in [0.5, 0.6) is 0 Å². The van der Waals surface area contributed by atoms with Crippen molar-refractivity contribution >= 4 is 41.3 Å². The van der Waals surface area contributed by atoms with E-state index in [4.69, 9.17) is 0 Å². The molecular weight excluding hydrogens is 493 g/mol. The van der Waals surface area contributed by atoms with Gasteiger partial charge in [0.25, 0.3) is 0 Å². The molecule has 3 heterocycles. The van der Waals surface area contributed by atoms with E-state index in [1.54, 1.807) is 0 Å². The molecule has 0 aliphatic carbocycles. The van der Waals surface area contributed by atoms with E-state index in [-0.39, 0.29) is 24.0 Å². The van der Waals surface area contributed by atoms with Crippen LogP contribution in [0.25, 0.3) is 0 Å². The number of aliphatic imine (C=N–C) groups is 1. The lowest BCUT2D eigenvalue weighted by Gasteiger charge is -2.36. The Morgan fingerprint density at radius 1 is 1.17 bits per heavy atom. The van der Waals surface area contributed by atoms with E-state index < -0.39 is 0 Å². The molecule has 0 aromatic carbocycles. The number of hydrogen-bond donors (Lipinski definition) is 2. The van der Waals surface area contributed by atoms with Gasteiger partial charge in [-0.1, -0.05) is 13.0 Å². The predicted molar refractivity (Wildman–Crippen MR) is 137 cm³/mol. The van der Waals surface area contributed by atoms with Gasteiger partial charge in [-0.05, 0) is 88.6 Å². The molecule has 1 aromatic rings. The van der Waals surface area contributed by atoms with Crippen LogP contribution in [0.15, 0.2) is 22.5 Å². The molecule has 1 atom stereocenters. The molecule has 2 N–H and O–H groups in total. The lowest BCUT2D eigenvalue weighted by atomic mass is 9.97. The molecule has 2 saturated heterocycles. The van der Waals surface area contributed by atoms with Crippen LogP contribution in [-0.2, 0) is 0 Å². The molecule has 0 amide bonds. The summed E-state index contributed by atoms with van der Waals surface area (Å²) in [5.41, 5.74) is 0. The molecule has 1 aromatic heterocycles. The van der Waals surface area contributed by atoms with Crippen LogP contribution in [0.3, 0.4) is 0 Å². The SMILES string of the molecule is CN=C(NCCCCN1CCCC1)NCC(c1cccs1)N1CCC(C)CC1.I. The fraction of sp³-hybridized carbons (Fsp3) is 0.773. The first-order valence-electron chi connectivity index (χ1n) is 11.2. The molecule has 0 saturated carbocycles. The van der Waals surface area contributed by atoms with Crippen LogP contribution >= 0.6 is 35.3 Å². The van der Waals surface area contributed by atoms with Crippen molar-refractivity contribution in [1.29, 1.82) is 0 Å². The summed E-state index contributed by atoms with van der Waals surface area (Å²) in [5, 5.41) is 9.30. The lowest BCUT2D eigenvalue weighted by molar-refractivity contribution is 0.140. The maximum absolute atomic E-state index is 4.44. The summed E-state index contributed by atoms with van der Waals surface area (Å²) in [5.74, 6) is 1.80. The quantitative estimate of drug-likeness (QED) is 0.216. The summed E-state index contributed by atoms with van der Waals surface area (Å²) in [7, 11) is 1.88. The van der Waals surface area contributed by atoms with Gasteiger partial charge >= 0.3 is 0 Å². The van der Waals surface area contributed by atoms with E-state index in [9.17, 15) is 0 Å². The zero-order chi connectivity index (χ0) is 19.6. The van der Waals surface area contributed by atoms with Crippen LogP contribution in [0.2, 0.25) is 0 Å². The van der Waals surface area contributed by atoms with Crippen molar-refractivity contribution in [3.63, 3.8) is 0 Å². The molecular formula is C22H40IN5S. The number of rotatable bonds is 9. The first-order chi connectivity index (χ1) is 13.8. The Bertz CT molecular complexity index is 566. The average molecular weight is 534 g/mol. The summed E-state index contributed by atoms with van der Waals surface area (Å²) in [4.78, 5) is 11.2. The van der Waals surface area contributed by atoms with E-state index >= 15 is 0 Å². The van der Waals surface area contributed by atoms with Crippen LogP contribution < -0.4 is 10.6 Å². The number of piperidine rings is 1. The monoisotopic (exact) mass is 533 g/mol. The highest BCUT2D eigenvalue weighted by atomic mass is 127. The number of hydrogen-bond acceptors (Lipinski definition) is 4. The number of nitrogens with one attached hydrogen (secondary N) is 2. The summed E-state index contributed by atoms with van der Waals surface area (Å²) in [6.07, 6.45) is 7.87. The molecule has 0 spiro atoms. The molecule has 0 radical (unpaired) electrons. The van der Waals surface area contributed by atoms with Gasteiger partial charge in [0.1, 0.15) is 0 Å². The van der Waals surface area contributed by atoms with Crippen molar-refractivity contribution < 1.29 is 0 Å². The highest BCUT2D eigenvalue weighted by Crippen LogP contribution is 2.29. The second kappa shape index (κ2) is 13.8. The van der Waals surface area contributed by atoms with Crippen molar-refractivity contribution in [2.45, 2.75) is 51.5 Å². The maximum Gasteiger partial charge on any atom is 0.191 e. The fourth-order valence-corrected chi connectivity index (χ4v) is 5.18. The van der Waals surface area contributed by atoms with Gasteiger partial charge in [-0.25, -0.2) is 0 Å². The number of halogens is 1. The van der Waals surface area contributed by atoms with E-state index in [1.165, 1.54) is 76.1 Å². The first kappa shape index (κ1) is 24.9. The molecule has 7 heteroatoms. The average Bonchev–Trinajstić information content (AvgIpc) is 3.42. The van der Waals surface area contributed by atoms with Gasteiger partial charge in [0.2, 0.25) is 0 Å². The minimum absolute atomic E-state index is 0. The minimum atomic E-state index is 0. The highest BCUT2D eigenvalue weighted by molar-refractivity contribution is 14.0. The van der Waals surface area contributed by atoms with Crippen molar-refractivity contribution in [3.8, 4) is 0 Å². The molecule has 29 heavy (non-hydrogen) atoms. The molecule has 2 aliphatic heterocycles. The van der Waals surface area contributed by atoms with E-state index in [0.29, 0.717) is 6.04 Å². The summed E-state index contributed by atoms with van der Waals surface area (Å²) >= 11 is 1.87. The van der Waals surface area contributed by atoms with Crippen molar-refractivity contribution in [3.05, 3.63) is 22.4 Å². The Kier molecular flexibility index (Phi) is 11.9. The van der Waals surface area contributed by atoms with Gasteiger partial charge in [-0.3, -0.25) is 9.89 Å². The second-order valence-corrected chi connectivity index (χ2v) is 9.36. The molecule has 0 bridgehead atoms. The topological polar surface area (TPSA) is 42.9 Å². The number of nitrogens with zero attached hydrogens (tertiary/aromatic N) is 3. The molecule has 2 aliphatic rings. The van der Waals surface area contributed by atoms with E-state index in [1.807, 2.05) is 18.4 Å². The molecule has 3 rings (SSSR count). The highest BCUT2D eigenvalue weighted by Gasteiger charge is 2.25. The summed E-state index contributed by atoms with van der Waals surface area (Å²) < 4.78 is 0. The third kappa shape index (κ3) is 8.34. The Labute approximate surface area is 198 Å². The fourth-order valence-electron chi connectivity index (χ4n) is 4.32. The van der Waals surface area contributed by atoms with Crippen molar-refractivity contribution in [2.24, 2.45) is 10.9 Å². The van der Waals surface area contributed by atoms with E-state index in [0.717, 1.165) is 25.0 Å². The van der Waals surface area contributed by atoms with Crippen molar-refractivity contribution in [1.82, 2.24) is 20.4 Å². The Hall–Kier alpha value is -0.380. The lowest BCUT2D eigenvalue weighted by Crippen LogP contribution is -2.45. The zero-order valence-corrected chi connectivity index (χ0v) is 21.4. The third-order valence-corrected chi connectivity index (χ3v) is 7.18. The Balaban J connectivity index is 0.00000300. The predicted octanol–water partition coefficient (Wildman–Crippen LogP) is 4.18. The molecule has 2 fully saturated rings. The largest absolute Gasteiger partial charge is 0.356 e. The minimum Gasteiger partial charge on any atom is -0.356 e. The van der Waals surface area contributed by atoms with Gasteiger partial charge < -0.3 is 15.5 Å². The summed E-state index contributed by atoms with van der Waals surface area (Å²) in [6.45, 7) is 10.6. The van der Waals surface area contributed by atoms with Gasteiger partial charge in [0.05, 0.1) is 6.04 Å². The normalized spacial score (nSPS) is 20.4. The number of likely N-dealkylation sites (tertiary alicyclic amines) is 2. The Morgan fingerprint density at radius 3 is 2.59 bits per heavy atom. The first-order valence-corrected chi connectivity index (χ1v) is 12.1. The zero-order valence-electron chi connectivity index (χ0n) is 18.2. The van der Waals surface area contributed by atoms with Crippen LogP contribution in [-0.4, -0.2) is 68.6 Å². The van der Waals surface area contributed by atoms with E-state index in [2.05, 4.69) is 49.9 Å². The number of unbranched alkanes of at least 4 members (excludes halogenated alkanes) is 1. The number of guanidine groups is 1. The standard InChI is InChI=1S/C22H39N5S.HI/c1-19-9-15-27(16-10-19)20(21-8-7-17-28-21)18-25-22(23-2)24-11-3-4-12-26-13-5-6-14-26;/h7-8,17,19-20H,3-6,9-16,18H2,1-2H3,(H2,23,24,25);1H. The van der Waals surface area contributed by atoms with Gasteiger partial charge in [0, 0.05) is 25.0 Å². The molecule has 1 unspecified atom stereocenters. The van der Waals surface area contributed by atoms with Gasteiger partial charge in [0.15, 0.2) is 5.96 Å². The summed E-state index contributed by atoms with van der Waals surface area (Å²) in [6, 6.07) is 4.90. The number of thiophene rings is 1. The third-order valence-electron chi connectivity index (χ3n) is 6.21. The smallest absolute Gasteiger partial charge is 0.191 e. The van der Waals surface area contributed by atoms with Gasteiger partial charge in [-0.2, -0.15) is 0 Å². The van der Waals surface area contributed by atoms with Gasteiger partial charge in [-0.15, -0.1) is 35.3 Å². The van der Waals surface area contributed by atoms with Crippen LogP contribution in [0.4, 0.5) is 0 Å². The second-order valence-electron chi connectivity index (χ2n) is 8.39. The molecule has 166 valence electrons. The maximum atomic E-state index is 4.44. The molecule has 5 nitrogen and oxygen atoms in total. The van der Waals surface area contributed by atoms with Crippen molar-refractivity contribution in [2.75, 3.05) is 52.9 Å². The van der Waals surface area contributed by atoms with Crippen LogP contribution in [0.1, 0.15) is 56.4 Å². The Morgan fingerprint density at radius 2 is 1.93 bits per heavy atom. The van der Waals surface area contributed by atoms with Crippen LogP contribution in [0, 0.1) is 5.92 Å².